The summed E-state index contributed by atoms with van der Waals surface area (Å²) in [6, 6.07) is 13.1. The van der Waals surface area contributed by atoms with E-state index >= 15 is 0 Å². The Morgan fingerprint density at radius 1 is 1.07 bits per heavy atom. The van der Waals surface area contributed by atoms with E-state index in [0.29, 0.717) is 18.8 Å². The maximum absolute atomic E-state index is 12.6. The molecule has 0 atom stereocenters. The maximum atomic E-state index is 12.6. The number of anilines is 1. The fourth-order valence-corrected chi connectivity index (χ4v) is 4.66. The van der Waals surface area contributed by atoms with Crippen molar-refractivity contribution in [1.82, 2.24) is 4.31 Å². The van der Waals surface area contributed by atoms with Crippen molar-refractivity contribution >= 4 is 27.6 Å². The molecule has 0 saturated carbocycles. The molecule has 2 aromatic rings. The Labute approximate surface area is 170 Å². The number of aryl methyl sites for hydroxylation is 1. The second-order valence-electron chi connectivity index (χ2n) is 6.81. The number of nitrogens with zero attached hydrogens (tertiary/aromatic N) is 1. The molecule has 0 aromatic heterocycles. The number of esters is 1. The molecule has 1 aliphatic heterocycles. The van der Waals surface area contributed by atoms with Crippen LogP contribution in [0.3, 0.4) is 0 Å². The van der Waals surface area contributed by atoms with E-state index in [-0.39, 0.29) is 10.5 Å². The molecule has 0 bridgehead atoms. The van der Waals surface area contributed by atoms with Crippen molar-refractivity contribution in [2.45, 2.75) is 31.1 Å². The van der Waals surface area contributed by atoms with Crippen LogP contribution in [0.1, 0.15) is 35.7 Å². The van der Waals surface area contributed by atoms with Crippen LogP contribution < -0.4 is 5.32 Å². The largest absolute Gasteiger partial charge is 0.452 e. The number of ether oxygens (including phenoxy) is 1. The number of rotatable bonds is 7. The Kier molecular flexibility index (Phi) is 6.66. The van der Waals surface area contributed by atoms with Gasteiger partial charge >= 0.3 is 5.97 Å². The minimum Gasteiger partial charge on any atom is -0.452 e. The molecule has 154 valence electrons. The van der Waals surface area contributed by atoms with Crippen LogP contribution in [-0.4, -0.2) is 44.3 Å². The first-order chi connectivity index (χ1) is 13.9. The molecule has 1 amide bonds. The lowest BCUT2D eigenvalue weighted by Gasteiger charge is -2.15. The topological polar surface area (TPSA) is 92.8 Å². The first-order valence-corrected chi connectivity index (χ1v) is 11.0. The summed E-state index contributed by atoms with van der Waals surface area (Å²) in [4.78, 5) is 24.3. The van der Waals surface area contributed by atoms with Crippen LogP contribution in [0.25, 0.3) is 0 Å². The highest BCUT2D eigenvalue weighted by atomic mass is 32.2. The summed E-state index contributed by atoms with van der Waals surface area (Å²) < 4.78 is 31.7. The molecule has 1 heterocycles. The van der Waals surface area contributed by atoms with E-state index in [1.54, 1.807) is 12.1 Å². The van der Waals surface area contributed by atoms with Crippen LogP contribution in [0.5, 0.6) is 0 Å². The van der Waals surface area contributed by atoms with E-state index in [2.05, 4.69) is 5.32 Å². The molecule has 8 heteroatoms. The number of benzene rings is 2. The number of nitrogens with one attached hydrogen (secondary N) is 1. The number of hydrogen-bond donors (Lipinski definition) is 1. The molecule has 1 N–H and O–H groups in total. The van der Waals surface area contributed by atoms with Crippen molar-refractivity contribution in [3.05, 3.63) is 59.7 Å². The van der Waals surface area contributed by atoms with Gasteiger partial charge in [0.2, 0.25) is 10.0 Å². The predicted molar refractivity (Wildman–Crippen MR) is 109 cm³/mol. The quantitative estimate of drug-likeness (QED) is 0.701. The van der Waals surface area contributed by atoms with Crippen LogP contribution in [0, 0.1) is 0 Å². The van der Waals surface area contributed by atoms with Crippen molar-refractivity contribution in [3.63, 3.8) is 0 Å². The van der Waals surface area contributed by atoms with Gasteiger partial charge in [0.05, 0.1) is 10.5 Å². The Morgan fingerprint density at radius 3 is 2.41 bits per heavy atom. The highest BCUT2D eigenvalue weighted by molar-refractivity contribution is 7.89. The molecule has 2 aromatic carbocycles. The summed E-state index contributed by atoms with van der Waals surface area (Å²) >= 11 is 0. The average molecular weight is 416 g/mol. The van der Waals surface area contributed by atoms with Gasteiger partial charge in [0.15, 0.2) is 6.61 Å². The lowest BCUT2D eigenvalue weighted by atomic mass is 10.1. The average Bonchev–Trinajstić information content (AvgIpc) is 3.28. The number of sulfonamides is 1. The standard InChI is InChI=1S/C21H24N2O5S/c1-2-16-8-10-18(11-9-16)22-20(24)15-28-21(25)17-6-5-7-19(14-17)29(26,27)23-12-3-4-13-23/h5-11,14H,2-4,12-13,15H2,1H3,(H,22,24). The molecular formula is C21H24N2O5S. The van der Waals surface area contributed by atoms with Crippen molar-refractivity contribution in [2.75, 3.05) is 25.0 Å². The van der Waals surface area contributed by atoms with E-state index in [9.17, 15) is 18.0 Å². The van der Waals surface area contributed by atoms with Gasteiger partial charge < -0.3 is 10.1 Å². The van der Waals surface area contributed by atoms with Gasteiger partial charge in [-0.1, -0.05) is 25.1 Å². The van der Waals surface area contributed by atoms with Gasteiger partial charge in [0, 0.05) is 18.8 Å². The molecule has 0 spiro atoms. The summed E-state index contributed by atoms with van der Waals surface area (Å²) in [7, 11) is -3.63. The highest BCUT2D eigenvalue weighted by Gasteiger charge is 2.27. The number of amides is 1. The summed E-state index contributed by atoms with van der Waals surface area (Å²) in [6.07, 6.45) is 2.56. The zero-order valence-electron chi connectivity index (χ0n) is 16.3. The van der Waals surface area contributed by atoms with Gasteiger partial charge in [-0.25, -0.2) is 13.2 Å². The van der Waals surface area contributed by atoms with Gasteiger partial charge in [-0.2, -0.15) is 4.31 Å². The van der Waals surface area contributed by atoms with Crippen LogP contribution in [0.4, 0.5) is 5.69 Å². The second-order valence-corrected chi connectivity index (χ2v) is 8.75. The van der Waals surface area contributed by atoms with Gasteiger partial charge in [-0.3, -0.25) is 4.79 Å². The van der Waals surface area contributed by atoms with Crippen molar-refractivity contribution in [3.8, 4) is 0 Å². The first-order valence-electron chi connectivity index (χ1n) is 9.56. The molecule has 29 heavy (non-hydrogen) atoms. The van der Waals surface area contributed by atoms with Gasteiger partial charge in [0.25, 0.3) is 5.91 Å². The summed E-state index contributed by atoms with van der Waals surface area (Å²) in [5, 5.41) is 2.65. The van der Waals surface area contributed by atoms with Crippen LogP contribution in [0.2, 0.25) is 0 Å². The maximum Gasteiger partial charge on any atom is 0.338 e. The van der Waals surface area contributed by atoms with E-state index in [1.807, 2.05) is 19.1 Å². The third kappa shape index (κ3) is 5.21. The SMILES string of the molecule is CCc1ccc(NC(=O)COC(=O)c2cccc(S(=O)(=O)N3CCCC3)c2)cc1. The smallest absolute Gasteiger partial charge is 0.338 e. The molecule has 1 fully saturated rings. The number of carbonyl (C=O) groups is 2. The third-order valence-corrected chi connectivity index (χ3v) is 6.65. The number of carbonyl (C=O) groups excluding carboxylic acids is 2. The van der Waals surface area contributed by atoms with E-state index < -0.39 is 28.5 Å². The Balaban J connectivity index is 1.59. The van der Waals surface area contributed by atoms with Crippen molar-refractivity contribution in [1.29, 1.82) is 0 Å². The van der Waals surface area contributed by atoms with E-state index in [0.717, 1.165) is 24.8 Å². The Hall–Kier alpha value is -2.71. The Morgan fingerprint density at radius 2 is 1.76 bits per heavy atom. The monoisotopic (exact) mass is 416 g/mol. The fourth-order valence-electron chi connectivity index (χ4n) is 3.10. The normalized spacial score (nSPS) is 14.5. The van der Waals surface area contributed by atoms with Crippen LogP contribution >= 0.6 is 0 Å². The predicted octanol–water partition coefficient (Wildman–Crippen LogP) is 2.83. The minimum atomic E-state index is -3.63. The molecule has 7 nitrogen and oxygen atoms in total. The molecular weight excluding hydrogens is 392 g/mol. The van der Waals surface area contributed by atoms with Gasteiger partial charge in [0.1, 0.15) is 0 Å². The molecule has 1 aliphatic rings. The fraction of sp³-hybridized carbons (Fsp3) is 0.333. The van der Waals surface area contributed by atoms with Crippen molar-refractivity contribution in [2.24, 2.45) is 0 Å². The summed E-state index contributed by atoms with van der Waals surface area (Å²) in [5.41, 5.74) is 1.85. The van der Waals surface area contributed by atoms with E-state index in [4.69, 9.17) is 4.74 Å². The third-order valence-electron chi connectivity index (χ3n) is 4.75. The highest BCUT2D eigenvalue weighted by Crippen LogP contribution is 2.21. The minimum absolute atomic E-state index is 0.0503. The summed E-state index contributed by atoms with van der Waals surface area (Å²) in [5.74, 6) is -1.22. The molecule has 3 rings (SSSR count). The lowest BCUT2D eigenvalue weighted by molar-refractivity contribution is -0.119. The van der Waals surface area contributed by atoms with Crippen LogP contribution in [-0.2, 0) is 26.0 Å². The zero-order chi connectivity index (χ0) is 20.9. The second kappa shape index (κ2) is 9.19. The van der Waals surface area contributed by atoms with Crippen LogP contribution in [0.15, 0.2) is 53.4 Å². The van der Waals surface area contributed by atoms with Crippen molar-refractivity contribution < 1.29 is 22.7 Å². The molecule has 0 aliphatic carbocycles. The van der Waals surface area contributed by atoms with Gasteiger partial charge in [-0.15, -0.1) is 0 Å². The lowest BCUT2D eigenvalue weighted by Crippen LogP contribution is -2.28. The molecule has 0 unspecified atom stereocenters. The van der Waals surface area contributed by atoms with E-state index in [1.165, 1.54) is 28.6 Å². The molecule has 0 radical (unpaired) electrons. The van der Waals surface area contributed by atoms with Gasteiger partial charge in [-0.05, 0) is 55.2 Å². The molecule has 1 saturated heterocycles. The zero-order valence-corrected chi connectivity index (χ0v) is 17.1. The summed E-state index contributed by atoms with van der Waals surface area (Å²) in [6.45, 7) is 2.54. The first kappa shape index (κ1) is 21.0. The Bertz CT molecular complexity index is 980. The number of hydrogen-bond acceptors (Lipinski definition) is 5.